The van der Waals surface area contributed by atoms with Crippen LogP contribution in [-0.4, -0.2) is 23.5 Å². The van der Waals surface area contributed by atoms with Gasteiger partial charge in [0.05, 0.1) is 16.5 Å². The van der Waals surface area contributed by atoms with Crippen LogP contribution in [0.4, 0.5) is 11.4 Å². The number of hydrogen-bond donors (Lipinski definition) is 3. The number of benzene rings is 4. The van der Waals surface area contributed by atoms with Crippen molar-refractivity contribution < 1.29 is 14.4 Å². The van der Waals surface area contributed by atoms with E-state index < -0.39 is 11.8 Å². The molecule has 3 amide bonds. The molecule has 0 aliphatic rings. The molecule has 6 nitrogen and oxygen atoms in total. The molecule has 0 unspecified atom stereocenters. The van der Waals surface area contributed by atoms with E-state index in [9.17, 15) is 14.4 Å². The number of carbonyl (C=O) groups excluding carboxylic acids is 3. The molecule has 0 saturated heterocycles. The second-order valence-corrected chi connectivity index (χ2v) is 11.2. The van der Waals surface area contributed by atoms with Gasteiger partial charge in [-0.05, 0) is 66.7 Å². The molecule has 0 fully saturated rings. The Balaban J connectivity index is 1.49. The number of nitrogens with one attached hydrogen (secondary N) is 3. The number of anilines is 2. The van der Waals surface area contributed by atoms with Crippen LogP contribution in [0.1, 0.15) is 15.9 Å². The quantitative estimate of drug-likeness (QED) is 0.126. The van der Waals surface area contributed by atoms with Crippen LogP contribution in [0.3, 0.4) is 0 Å². The van der Waals surface area contributed by atoms with Crippen molar-refractivity contribution in [1.82, 2.24) is 5.32 Å². The van der Waals surface area contributed by atoms with Crippen molar-refractivity contribution in [3.63, 3.8) is 0 Å². The van der Waals surface area contributed by atoms with E-state index in [1.807, 2.05) is 0 Å². The molecule has 4 aromatic rings. The number of thioether (sulfide) groups is 1. The van der Waals surface area contributed by atoms with Gasteiger partial charge in [-0.1, -0.05) is 76.7 Å². The maximum atomic E-state index is 13.4. The third kappa shape index (κ3) is 8.76. The Morgan fingerprint density at radius 2 is 1.44 bits per heavy atom. The summed E-state index contributed by atoms with van der Waals surface area (Å²) in [6, 6.07) is 25.2. The average Bonchev–Trinajstić information content (AvgIpc) is 2.96. The topological polar surface area (TPSA) is 87.3 Å². The van der Waals surface area contributed by atoms with Crippen molar-refractivity contribution in [2.75, 3.05) is 16.4 Å². The molecule has 0 aliphatic heterocycles. The molecule has 0 bridgehead atoms. The summed E-state index contributed by atoms with van der Waals surface area (Å²) in [5, 5.41) is 9.62. The van der Waals surface area contributed by atoms with E-state index >= 15 is 0 Å². The molecule has 4 rings (SSSR count). The van der Waals surface area contributed by atoms with Crippen molar-refractivity contribution in [2.45, 2.75) is 4.90 Å². The highest BCUT2D eigenvalue weighted by atomic mass is 35.5. The Hall–Kier alpha value is -3.46. The third-order valence-corrected chi connectivity index (χ3v) is 7.70. The summed E-state index contributed by atoms with van der Waals surface area (Å²) in [5.74, 6) is -1.27. The number of carbonyl (C=O) groups is 3. The summed E-state index contributed by atoms with van der Waals surface area (Å²) in [6.45, 7) is 0. The second kappa shape index (κ2) is 14.4. The Kier molecular flexibility index (Phi) is 10.7. The van der Waals surface area contributed by atoms with Gasteiger partial charge in [-0.2, -0.15) is 0 Å². The minimum Gasteiger partial charge on any atom is -0.324 e. The summed E-state index contributed by atoms with van der Waals surface area (Å²) >= 11 is 26.0. The molecule has 0 radical (unpaired) electrons. The van der Waals surface area contributed by atoms with Gasteiger partial charge in [0.1, 0.15) is 5.70 Å². The monoisotopic (exact) mass is 643 g/mol. The first-order chi connectivity index (χ1) is 19.7. The molecule has 4 aromatic carbocycles. The molecule has 208 valence electrons. The first-order valence-electron chi connectivity index (χ1n) is 12.0. The Labute approximate surface area is 261 Å². The van der Waals surface area contributed by atoms with Crippen molar-refractivity contribution in [1.29, 1.82) is 0 Å². The summed E-state index contributed by atoms with van der Waals surface area (Å²) in [6.07, 6.45) is 1.42. The standard InChI is InChI=1S/C30H21Cl4N3O3S/c31-19-12-13-25(34)26(14-19)36-28(38)17-41-21-9-4-8-20(15-21)35-30(40)27(16-22-23(32)10-5-11-24(22)33)37-29(39)18-6-2-1-3-7-18/h1-16H,17H2,(H,35,40)(H,36,38)(H,37,39)/b27-16+. The predicted molar refractivity (Wildman–Crippen MR) is 169 cm³/mol. The highest BCUT2D eigenvalue weighted by Crippen LogP contribution is 2.28. The van der Waals surface area contributed by atoms with Crippen molar-refractivity contribution in [2.24, 2.45) is 0 Å². The van der Waals surface area contributed by atoms with Gasteiger partial charge in [0.2, 0.25) is 5.91 Å². The molecule has 0 aromatic heterocycles. The molecule has 0 spiro atoms. The van der Waals surface area contributed by atoms with Gasteiger partial charge in [0.25, 0.3) is 11.8 Å². The summed E-state index contributed by atoms with van der Waals surface area (Å²) < 4.78 is 0. The van der Waals surface area contributed by atoms with Crippen molar-refractivity contribution in [3.05, 3.63) is 128 Å². The lowest BCUT2D eigenvalue weighted by Gasteiger charge is -2.13. The van der Waals surface area contributed by atoms with Gasteiger partial charge in [0.15, 0.2) is 0 Å². The zero-order valence-corrected chi connectivity index (χ0v) is 24.9. The lowest BCUT2D eigenvalue weighted by Crippen LogP contribution is -2.30. The van der Waals surface area contributed by atoms with Gasteiger partial charge < -0.3 is 16.0 Å². The first-order valence-corrected chi connectivity index (χ1v) is 14.5. The number of amides is 3. The molecule has 11 heteroatoms. The highest BCUT2D eigenvalue weighted by Gasteiger charge is 2.17. The maximum Gasteiger partial charge on any atom is 0.272 e. The van der Waals surface area contributed by atoms with E-state index in [0.717, 1.165) is 4.90 Å². The Morgan fingerprint density at radius 3 is 2.17 bits per heavy atom. The number of rotatable bonds is 9. The summed E-state index contributed by atoms with van der Waals surface area (Å²) in [5.41, 5.74) is 1.55. The van der Waals surface area contributed by atoms with E-state index in [1.165, 1.54) is 17.8 Å². The predicted octanol–water partition coefficient (Wildman–Crippen LogP) is 8.44. The van der Waals surface area contributed by atoms with Crippen LogP contribution in [0, 0.1) is 0 Å². The van der Waals surface area contributed by atoms with Gasteiger partial charge in [-0.15, -0.1) is 11.8 Å². The van der Waals surface area contributed by atoms with Crippen LogP contribution in [0.15, 0.2) is 102 Å². The van der Waals surface area contributed by atoms with Gasteiger partial charge in [-0.25, -0.2) is 0 Å². The Bertz CT molecular complexity index is 1610. The maximum absolute atomic E-state index is 13.4. The number of halogens is 4. The SMILES string of the molecule is O=C(CSc1cccc(NC(=O)/C(=C\c2c(Cl)cccc2Cl)NC(=O)c2ccccc2)c1)Nc1cc(Cl)ccc1Cl. The van der Waals surface area contributed by atoms with E-state index in [-0.39, 0.29) is 17.4 Å². The average molecular weight is 645 g/mol. The Morgan fingerprint density at radius 1 is 0.732 bits per heavy atom. The fraction of sp³-hybridized carbons (Fsp3) is 0.0333. The zero-order valence-electron chi connectivity index (χ0n) is 21.1. The van der Waals surface area contributed by atoms with E-state index in [2.05, 4.69) is 16.0 Å². The minimum atomic E-state index is -0.597. The molecule has 0 aliphatic carbocycles. The van der Waals surface area contributed by atoms with Gasteiger partial charge in [-0.3, -0.25) is 14.4 Å². The van der Waals surface area contributed by atoms with Crippen molar-refractivity contribution in [3.8, 4) is 0 Å². The van der Waals surface area contributed by atoms with E-state index in [4.69, 9.17) is 46.4 Å². The first kappa shape index (κ1) is 30.5. The minimum absolute atomic E-state index is 0.0651. The van der Waals surface area contributed by atoms with Crippen LogP contribution in [0.2, 0.25) is 20.1 Å². The van der Waals surface area contributed by atoms with E-state index in [1.54, 1.807) is 91.0 Å². The largest absolute Gasteiger partial charge is 0.324 e. The van der Waals surface area contributed by atoms with Gasteiger partial charge >= 0.3 is 0 Å². The molecular formula is C30H21Cl4N3O3S. The molecule has 41 heavy (non-hydrogen) atoms. The lowest BCUT2D eigenvalue weighted by atomic mass is 10.1. The molecule has 0 saturated carbocycles. The summed E-state index contributed by atoms with van der Waals surface area (Å²) in [7, 11) is 0. The normalized spacial score (nSPS) is 11.1. The highest BCUT2D eigenvalue weighted by molar-refractivity contribution is 8.00. The molecule has 0 heterocycles. The molecular weight excluding hydrogens is 624 g/mol. The van der Waals surface area contributed by atoms with Crippen LogP contribution >= 0.6 is 58.2 Å². The fourth-order valence-electron chi connectivity index (χ4n) is 3.53. The van der Waals surface area contributed by atoms with Crippen LogP contribution in [0.25, 0.3) is 6.08 Å². The molecule has 0 atom stereocenters. The molecule has 3 N–H and O–H groups in total. The summed E-state index contributed by atoms with van der Waals surface area (Å²) in [4.78, 5) is 39.5. The van der Waals surface area contributed by atoms with Crippen LogP contribution in [-0.2, 0) is 9.59 Å². The van der Waals surface area contributed by atoms with Crippen LogP contribution < -0.4 is 16.0 Å². The zero-order chi connectivity index (χ0) is 29.4. The fourth-order valence-corrected chi connectivity index (χ4v) is 5.12. The third-order valence-electron chi connectivity index (χ3n) is 5.48. The second-order valence-electron chi connectivity index (χ2n) is 8.46. The number of hydrogen-bond acceptors (Lipinski definition) is 4. The smallest absolute Gasteiger partial charge is 0.272 e. The van der Waals surface area contributed by atoms with Gasteiger partial charge in [0, 0.05) is 36.8 Å². The van der Waals surface area contributed by atoms with Crippen LogP contribution in [0.5, 0.6) is 0 Å². The van der Waals surface area contributed by atoms with Crippen molar-refractivity contribution >= 4 is 93.3 Å². The van der Waals surface area contributed by atoms with E-state index in [0.29, 0.717) is 42.6 Å². The lowest BCUT2D eigenvalue weighted by molar-refractivity contribution is -0.114.